The van der Waals surface area contributed by atoms with Crippen molar-refractivity contribution in [1.29, 1.82) is 5.26 Å². The van der Waals surface area contributed by atoms with E-state index in [1.165, 1.54) is 6.07 Å². The Labute approximate surface area is 173 Å². The van der Waals surface area contributed by atoms with E-state index in [0.29, 0.717) is 43.6 Å². The largest absolute Gasteiger partial charge is 0.360 e. The number of ether oxygens (including phenoxy) is 1. The van der Waals surface area contributed by atoms with Crippen LogP contribution in [0.1, 0.15) is 30.9 Å². The lowest BCUT2D eigenvalue weighted by Crippen LogP contribution is -2.54. The van der Waals surface area contributed by atoms with Crippen LogP contribution >= 0.6 is 0 Å². The van der Waals surface area contributed by atoms with Gasteiger partial charge in [-0.1, -0.05) is 6.07 Å². The fourth-order valence-corrected chi connectivity index (χ4v) is 3.85. The third kappa shape index (κ3) is 3.98. The molecule has 2 heterocycles. The molecule has 2 aromatic rings. The van der Waals surface area contributed by atoms with Gasteiger partial charge in [0, 0.05) is 31.9 Å². The number of pyridine rings is 1. The molecule has 1 aliphatic heterocycles. The first-order valence-corrected chi connectivity index (χ1v) is 9.92. The SMILES string of the molecule is CC1CN(C(=O)COC2(c3ccc(F)c(F)c3)CC2)CCN1c1ccc(C#N)cn1. The summed E-state index contributed by atoms with van der Waals surface area (Å²) in [6, 6.07) is 9.41. The van der Waals surface area contributed by atoms with Crippen molar-refractivity contribution in [1.82, 2.24) is 9.88 Å². The summed E-state index contributed by atoms with van der Waals surface area (Å²) < 4.78 is 32.6. The quantitative estimate of drug-likeness (QED) is 0.755. The molecule has 8 heteroatoms. The molecule has 1 aliphatic carbocycles. The zero-order chi connectivity index (χ0) is 21.3. The predicted octanol–water partition coefficient (Wildman–Crippen LogP) is 2.97. The Balaban J connectivity index is 1.34. The molecule has 4 rings (SSSR count). The van der Waals surface area contributed by atoms with E-state index in [1.54, 1.807) is 17.2 Å². The van der Waals surface area contributed by atoms with Crippen molar-refractivity contribution in [3.8, 4) is 6.07 Å². The number of aromatic nitrogens is 1. The van der Waals surface area contributed by atoms with E-state index < -0.39 is 17.2 Å². The van der Waals surface area contributed by atoms with Gasteiger partial charge >= 0.3 is 0 Å². The number of amides is 1. The van der Waals surface area contributed by atoms with Crippen molar-refractivity contribution in [3.63, 3.8) is 0 Å². The molecule has 1 unspecified atom stereocenters. The Hall–Kier alpha value is -3.05. The van der Waals surface area contributed by atoms with Gasteiger partial charge in [0.1, 0.15) is 18.5 Å². The third-order valence-electron chi connectivity index (χ3n) is 5.77. The van der Waals surface area contributed by atoms with E-state index in [9.17, 15) is 13.6 Å². The molecule has 1 aromatic heterocycles. The van der Waals surface area contributed by atoms with Crippen molar-refractivity contribution in [2.45, 2.75) is 31.4 Å². The predicted molar refractivity (Wildman–Crippen MR) is 106 cm³/mol. The Bertz CT molecular complexity index is 986. The number of anilines is 1. The maximum atomic E-state index is 13.6. The van der Waals surface area contributed by atoms with Crippen LogP contribution in [0.25, 0.3) is 0 Å². The van der Waals surface area contributed by atoms with Crippen molar-refractivity contribution in [2.24, 2.45) is 0 Å². The normalized spacial score (nSPS) is 20.0. The topological polar surface area (TPSA) is 69.5 Å². The van der Waals surface area contributed by atoms with Gasteiger partial charge in [-0.05, 0) is 49.6 Å². The van der Waals surface area contributed by atoms with E-state index in [-0.39, 0.29) is 18.6 Å². The van der Waals surface area contributed by atoms with Crippen molar-refractivity contribution in [3.05, 3.63) is 59.3 Å². The molecule has 2 aliphatic rings. The Kier molecular flexibility index (Phi) is 5.39. The zero-order valence-corrected chi connectivity index (χ0v) is 16.6. The van der Waals surface area contributed by atoms with E-state index >= 15 is 0 Å². The van der Waals surface area contributed by atoms with Crippen LogP contribution in [0.15, 0.2) is 36.5 Å². The number of hydrogen-bond donors (Lipinski definition) is 0. The molecule has 30 heavy (non-hydrogen) atoms. The summed E-state index contributed by atoms with van der Waals surface area (Å²) in [5.74, 6) is -1.15. The van der Waals surface area contributed by atoms with Gasteiger partial charge in [0.2, 0.25) is 5.91 Å². The minimum Gasteiger partial charge on any atom is -0.360 e. The maximum Gasteiger partial charge on any atom is 0.248 e. The van der Waals surface area contributed by atoms with E-state index in [4.69, 9.17) is 10.00 Å². The molecular weight excluding hydrogens is 390 g/mol. The summed E-state index contributed by atoms with van der Waals surface area (Å²) in [7, 11) is 0. The molecule has 0 spiro atoms. The molecule has 1 saturated heterocycles. The van der Waals surface area contributed by atoms with Crippen molar-refractivity contribution in [2.75, 3.05) is 31.1 Å². The summed E-state index contributed by atoms with van der Waals surface area (Å²) in [5.41, 5.74) is 0.385. The van der Waals surface area contributed by atoms with Crippen LogP contribution < -0.4 is 4.90 Å². The van der Waals surface area contributed by atoms with Gasteiger partial charge in [-0.25, -0.2) is 13.8 Å². The summed E-state index contributed by atoms with van der Waals surface area (Å²) in [6.45, 7) is 3.61. The molecule has 1 saturated carbocycles. The lowest BCUT2D eigenvalue weighted by atomic mass is 10.1. The van der Waals surface area contributed by atoms with Crippen molar-refractivity contribution >= 4 is 11.7 Å². The highest BCUT2D eigenvalue weighted by Gasteiger charge is 2.46. The average Bonchev–Trinajstić information content (AvgIpc) is 3.55. The minimum atomic E-state index is -0.907. The highest BCUT2D eigenvalue weighted by atomic mass is 19.2. The Morgan fingerprint density at radius 2 is 2.07 bits per heavy atom. The van der Waals surface area contributed by atoms with Gasteiger partial charge in [0.05, 0.1) is 11.2 Å². The fourth-order valence-electron chi connectivity index (χ4n) is 3.85. The standard InChI is InChI=1S/C22H22F2N4O2/c1-15-13-27(8-9-28(15)20-5-2-16(11-25)12-26-20)21(29)14-30-22(6-7-22)17-3-4-18(23)19(24)10-17/h2-5,10,12,15H,6-9,13-14H2,1H3. The summed E-state index contributed by atoms with van der Waals surface area (Å²) in [4.78, 5) is 20.9. The highest BCUT2D eigenvalue weighted by Crippen LogP contribution is 2.49. The number of benzene rings is 1. The Morgan fingerprint density at radius 3 is 2.67 bits per heavy atom. The van der Waals surface area contributed by atoms with Crippen LogP contribution in [0.2, 0.25) is 0 Å². The number of carbonyl (C=O) groups is 1. The van der Waals surface area contributed by atoms with Crippen LogP contribution in [0, 0.1) is 23.0 Å². The van der Waals surface area contributed by atoms with Crippen LogP contribution in [0.5, 0.6) is 0 Å². The van der Waals surface area contributed by atoms with Gasteiger partial charge < -0.3 is 14.5 Å². The molecular formula is C22H22F2N4O2. The molecule has 0 bridgehead atoms. The molecule has 156 valence electrons. The van der Waals surface area contributed by atoms with Gasteiger partial charge in [0.15, 0.2) is 11.6 Å². The molecule has 1 atom stereocenters. The monoisotopic (exact) mass is 412 g/mol. The minimum absolute atomic E-state index is 0.0595. The molecule has 1 aromatic carbocycles. The number of carbonyl (C=O) groups excluding carboxylic acids is 1. The molecule has 0 N–H and O–H groups in total. The number of nitrogens with zero attached hydrogens (tertiary/aromatic N) is 4. The average molecular weight is 412 g/mol. The molecule has 0 radical (unpaired) electrons. The second-order valence-electron chi connectivity index (χ2n) is 7.81. The number of nitriles is 1. The first-order chi connectivity index (χ1) is 14.4. The van der Waals surface area contributed by atoms with E-state index in [1.807, 2.05) is 13.0 Å². The summed E-state index contributed by atoms with van der Waals surface area (Å²) in [6.07, 6.45) is 2.90. The van der Waals surface area contributed by atoms with E-state index in [2.05, 4.69) is 16.0 Å². The van der Waals surface area contributed by atoms with Crippen LogP contribution in [-0.2, 0) is 15.1 Å². The number of rotatable bonds is 5. The van der Waals surface area contributed by atoms with Gasteiger partial charge in [-0.15, -0.1) is 0 Å². The molecule has 2 fully saturated rings. The van der Waals surface area contributed by atoms with Gasteiger partial charge in [0.25, 0.3) is 0 Å². The lowest BCUT2D eigenvalue weighted by molar-refractivity contribution is -0.140. The first-order valence-electron chi connectivity index (χ1n) is 9.92. The smallest absolute Gasteiger partial charge is 0.248 e. The van der Waals surface area contributed by atoms with Gasteiger partial charge in [-0.2, -0.15) is 5.26 Å². The zero-order valence-electron chi connectivity index (χ0n) is 16.6. The Morgan fingerprint density at radius 1 is 1.27 bits per heavy atom. The second-order valence-corrected chi connectivity index (χ2v) is 7.81. The lowest BCUT2D eigenvalue weighted by Gasteiger charge is -2.40. The van der Waals surface area contributed by atoms with Crippen LogP contribution in [0.4, 0.5) is 14.6 Å². The first kappa shape index (κ1) is 20.2. The number of halogens is 2. The fraction of sp³-hybridized carbons (Fsp3) is 0.409. The molecule has 1 amide bonds. The van der Waals surface area contributed by atoms with Gasteiger partial charge in [-0.3, -0.25) is 4.79 Å². The highest BCUT2D eigenvalue weighted by molar-refractivity contribution is 5.78. The van der Waals surface area contributed by atoms with Crippen LogP contribution in [-0.4, -0.2) is 48.1 Å². The third-order valence-corrected chi connectivity index (χ3v) is 5.77. The van der Waals surface area contributed by atoms with E-state index in [0.717, 1.165) is 18.0 Å². The molecule has 6 nitrogen and oxygen atoms in total. The summed E-state index contributed by atoms with van der Waals surface area (Å²) >= 11 is 0. The van der Waals surface area contributed by atoms with Crippen molar-refractivity contribution < 1.29 is 18.3 Å². The second kappa shape index (κ2) is 8.00. The summed E-state index contributed by atoms with van der Waals surface area (Å²) in [5, 5.41) is 8.90. The number of piperazine rings is 1. The van der Waals surface area contributed by atoms with Crippen LogP contribution in [0.3, 0.4) is 0 Å². The number of hydrogen-bond acceptors (Lipinski definition) is 5. The maximum absolute atomic E-state index is 13.6.